The summed E-state index contributed by atoms with van der Waals surface area (Å²) >= 11 is 0. The Balaban J connectivity index is 1.87. The largest absolute Gasteiger partial charge is 0.478 e. The Morgan fingerprint density at radius 3 is 2.24 bits per heavy atom. The number of carboxylic acid groups (broad SMARTS) is 1. The lowest BCUT2D eigenvalue weighted by molar-refractivity contribution is -0.143. The number of nitrogens with zero attached hydrogens (tertiary/aromatic N) is 3. The molecule has 0 aliphatic rings. The van der Waals surface area contributed by atoms with Gasteiger partial charge in [-0.15, -0.1) is 0 Å². The minimum absolute atomic E-state index is 0.0493. The van der Waals surface area contributed by atoms with Crippen LogP contribution in [0.1, 0.15) is 38.9 Å². The van der Waals surface area contributed by atoms with Crippen molar-refractivity contribution in [1.82, 2.24) is 9.78 Å². The zero-order valence-electron chi connectivity index (χ0n) is 17.8. The molecule has 0 atom stereocenters. The lowest BCUT2D eigenvalue weighted by Crippen LogP contribution is -2.25. The van der Waals surface area contributed by atoms with Crippen molar-refractivity contribution in [2.45, 2.75) is 13.1 Å². The predicted molar refractivity (Wildman–Crippen MR) is 117 cm³/mol. The number of aromatic carboxylic acids is 1. The SMILES string of the molecule is CCOC(=O)c1cnn(-c2ccc(/C(N)=C/N(N)c3ccc(C(=O)O)cc3)cc2)c1C(F)(F)F. The van der Waals surface area contributed by atoms with E-state index in [4.69, 9.17) is 21.4 Å². The third kappa shape index (κ3) is 5.18. The lowest BCUT2D eigenvalue weighted by atomic mass is 10.1. The van der Waals surface area contributed by atoms with Crippen molar-refractivity contribution < 1.29 is 32.6 Å². The molecule has 0 spiro atoms. The van der Waals surface area contributed by atoms with Crippen molar-refractivity contribution in [2.24, 2.45) is 11.6 Å². The summed E-state index contributed by atoms with van der Waals surface area (Å²) < 4.78 is 46.3. The molecule has 0 saturated heterocycles. The molecule has 1 aromatic heterocycles. The maximum atomic E-state index is 13.7. The summed E-state index contributed by atoms with van der Waals surface area (Å²) in [6.07, 6.45) is -2.67. The van der Waals surface area contributed by atoms with Gasteiger partial charge in [-0.3, -0.25) is 5.01 Å². The van der Waals surface area contributed by atoms with Crippen LogP contribution in [-0.2, 0) is 10.9 Å². The molecule has 0 saturated carbocycles. The fraction of sp³-hybridized carbons (Fsp3) is 0.136. The van der Waals surface area contributed by atoms with Crippen molar-refractivity contribution in [2.75, 3.05) is 11.6 Å². The number of carbonyl (C=O) groups excluding carboxylic acids is 1. The summed E-state index contributed by atoms with van der Waals surface area (Å²) in [4.78, 5) is 22.9. The second-order valence-electron chi connectivity index (χ2n) is 6.93. The highest BCUT2D eigenvalue weighted by Crippen LogP contribution is 2.34. The molecule has 5 N–H and O–H groups in total. The Morgan fingerprint density at radius 1 is 1.12 bits per heavy atom. The van der Waals surface area contributed by atoms with Gasteiger partial charge in [0.25, 0.3) is 0 Å². The zero-order valence-corrected chi connectivity index (χ0v) is 17.8. The fourth-order valence-corrected chi connectivity index (χ4v) is 3.05. The highest BCUT2D eigenvalue weighted by atomic mass is 19.4. The minimum atomic E-state index is -4.85. The number of nitrogens with two attached hydrogens (primary N) is 2. The molecule has 0 bridgehead atoms. The predicted octanol–water partition coefficient (Wildman–Crippen LogP) is 3.40. The summed E-state index contributed by atoms with van der Waals surface area (Å²) in [5, 5.41) is 13.9. The Kier molecular flexibility index (Phi) is 6.92. The van der Waals surface area contributed by atoms with Gasteiger partial charge in [0.1, 0.15) is 5.56 Å². The third-order valence-corrected chi connectivity index (χ3v) is 4.67. The monoisotopic (exact) mass is 475 g/mol. The van der Waals surface area contributed by atoms with Gasteiger partial charge in [-0.05, 0) is 48.9 Å². The lowest BCUT2D eigenvalue weighted by Gasteiger charge is -2.16. The van der Waals surface area contributed by atoms with E-state index in [0.29, 0.717) is 15.9 Å². The molecule has 12 heteroatoms. The van der Waals surface area contributed by atoms with Crippen LogP contribution in [0.2, 0.25) is 0 Å². The minimum Gasteiger partial charge on any atom is -0.478 e. The van der Waals surface area contributed by atoms with Gasteiger partial charge in [-0.2, -0.15) is 18.3 Å². The van der Waals surface area contributed by atoms with Crippen LogP contribution in [0, 0.1) is 0 Å². The van der Waals surface area contributed by atoms with Crippen LogP contribution in [0.25, 0.3) is 11.4 Å². The second kappa shape index (κ2) is 9.67. The van der Waals surface area contributed by atoms with Gasteiger partial charge >= 0.3 is 18.1 Å². The number of hydrogen-bond donors (Lipinski definition) is 3. The number of aromatic nitrogens is 2. The average molecular weight is 475 g/mol. The van der Waals surface area contributed by atoms with Crippen molar-refractivity contribution in [3.05, 3.63) is 83.3 Å². The molecule has 0 unspecified atom stereocenters. The first-order valence-corrected chi connectivity index (χ1v) is 9.80. The molecule has 34 heavy (non-hydrogen) atoms. The van der Waals surface area contributed by atoms with E-state index in [1.165, 1.54) is 66.7 Å². The highest BCUT2D eigenvalue weighted by Gasteiger charge is 2.41. The Bertz CT molecular complexity index is 1220. The van der Waals surface area contributed by atoms with E-state index in [0.717, 1.165) is 6.20 Å². The number of hydrazine groups is 1. The van der Waals surface area contributed by atoms with Crippen molar-refractivity contribution >= 4 is 23.3 Å². The van der Waals surface area contributed by atoms with Gasteiger partial charge in [-0.1, -0.05) is 12.1 Å². The summed E-state index contributed by atoms with van der Waals surface area (Å²) in [5.41, 5.74) is 5.37. The molecule has 2 aromatic carbocycles. The topological polar surface area (TPSA) is 137 Å². The number of anilines is 1. The molecular formula is C22H20F3N5O4. The fourth-order valence-electron chi connectivity index (χ4n) is 3.05. The first kappa shape index (κ1) is 24.3. The summed E-state index contributed by atoms with van der Waals surface area (Å²) in [6, 6.07) is 11.4. The van der Waals surface area contributed by atoms with Gasteiger partial charge in [0.15, 0.2) is 5.69 Å². The molecule has 1 heterocycles. The van der Waals surface area contributed by atoms with E-state index in [1.807, 2.05) is 0 Å². The molecular weight excluding hydrogens is 455 g/mol. The summed E-state index contributed by atoms with van der Waals surface area (Å²) in [7, 11) is 0. The number of ether oxygens (including phenoxy) is 1. The van der Waals surface area contributed by atoms with Crippen LogP contribution in [-0.4, -0.2) is 33.4 Å². The first-order chi connectivity index (χ1) is 16.0. The van der Waals surface area contributed by atoms with Crippen LogP contribution in [0.5, 0.6) is 0 Å². The van der Waals surface area contributed by atoms with Crippen LogP contribution in [0.4, 0.5) is 18.9 Å². The molecule has 3 aromatic rings. The van der Waals surface area contributed by atoms with Crippen molar-refractivity contribution in [3.63, 3.8) is 0 Å². The standard InChI is InChI=1S/C22H20F3N5O4/c1-2-34-21(33)17-11-28-30(19(17)22(23,24)25)16-9-3-13(4-10-16)18(26)12-29(27)15-7-5-14(6-8-15)20(31)32/h3-12H,2,26-27H2,1H3,(H,31,32)/b18-12-. The first-order valence-electron chi connectivity index (χ1n) is 9.80. The Morgan fingerprint density at radius 2 is 1.71 bits per heavy atom. The Labute approximate surface area is 191 Å². The van der Waals surface area contributed by atoms with Crippen molar-refractivity contribution in [1.29, 1.82) is 0 Å². The van der Waals surface area contributed by atoms with Gasteiger partial charge in [-0.25, -0.2) is 20.1 Å². The molecule has 0 radical (unpaired) electrons. The van der Waals surface area contributed by atoms with E-state index in [9.17, 15) is 22.8 Å². The average Bonchev–Trinajstić information content (AvgIpc) is 3.25. The summed E-state index contributed by atoms with van der Waals surface area (Å²) in [5.74, 6) is 3.75. The zero-order chi connectivity index (χ0) is 25.0. The number of rotatable bonds is 7. The van der Waals surface area contributed by atoms with E-state index < -0.39 is 29.4 Å². The molecule has 0 fully saturated rings. The van der Waals surface area contributed by atoms with E-state index in [2.05, 4.69) is 5.10 Å². The van der Waals surface area contributed by atoms with Crippen LogP contribution < -0.4 is 16.6 Å². The normalized spacial score (nSPS) is 11.9. The molecule has 0 aliphatic heterocycles. The van der Waals surface area contributed by atoms with E-state index in [1.54, 1.807) is 0 Å². The molecule has 178 valence electrons. The molecule has 3 rings (SSSR count). The summed E-state index contributed by atoms with van der Waals surface area (Å²) in [6.45, 7) is 1.41. The van der Waals surface area contributed by atoms with Gasteiger partial charge < -0.3 is 15.6 Å². The number of benzene rings is 2. The van der Waals surface area contributed by atoms with Gasteiger partial charge in [0, 0.05) is 6.20 Å². The van der Waals surface area contributed by atoms with Crippen LogP contribution in [0.15, 0.2) is 60.9 Å². The third-order valence-electron chi connectivity index (χ3n) is 4.67. The number of halogens is 3. The molecule has 9 nitrogen and oxygen atoms in total. The number of hydrogen-bond acceptors (Lipinski definition) is 7. The van der Waals surface area contributed by atoms with Gasteiger partial charge in [0.05, 0.1) is 35.4 Å². The number of carbonyl (C=O) groups is 2. The molecule has 0 amide bonds. The number of alkyl halides is 3. The Hall–Kier alpha value is -4.32. The van der Waals surface area contributed by atoms with Gasteiger partial charge in [0.2, 0.25) is 0 Å². The van der Waals surface area contributed by atoms with E-state index >= 15 is 0 Å². The van der Waals surface area contributed by atoms with Crippen molar-refractivity contribution in [3.8, 4) is 5.69 Å². The van der Waals surface area contributed by atoms with Crippen LogP contribution >= 0.6 is 0 Å². The number of esters is 1. The highest BCUT2D eigenvalue weighted by molar-refractivity contribution is 5.91. The maximum Gasteiger partial charge on any atom is 0.434 e. The number of carboxylic acids is 1. The quantitative estimate of drug-likeness (QED) is 0.269. The second-order valence-corrected chi connectivity index (χ2v) is 6.93. The molecule has 0 aliphatic carbocycles. The van der Waals surface area contributed by atoms with E-state index in [-0.39, 0.29) is 23.6 Å². The maximum absolute atomic E-state index is 13.7. The smallest absolute Gasteiger partial charge is 0.434 e. The van der Waals surface area contributed by atoms with Crippen LogP contribution in [0.3, 0.4) is 0 Å².